The lowest BCUT2D eigenvalue weighted by atomic mass is 9.91. The van der Waals surface area contributed by atoms with Crippen molar-refractivity contribution in [3.63, 3.8) is 0 Å². The van der Waals surface area contributed by atoms with Crippen molar-refractivity contribution in [3.8, 4) is 5.75 Å². The van der Waals surface area contributed by atoms with E-state index in [1.54, 1.807) is 7.11 Å². The van der Waals surface area contributed by atoms with Crippen LogP contribution in [0, 0.1) is 5.82 Å². The number of ether oxygens (including phenoxy) is 1. The summed E-state index contributed by atoms with van der Waals surface area (Å²) in [5.74, 6) is 0.359. The minimum absolute atomic E-state index is 0.233. The average Bonchev–Trinajstić information content (AvgIpc) is 2.19. The number of methoxy groups -OCH3 is 1. The monoisotopic (exact) mass is 192 g/mol. The molecule has 1 aromatic rings. The first kappa shape index (κ1) is 10.8. The molecule has 0 bridgehead atoms. The quantitative estimate of drug-likeness (QED) is 0.645. The Morgan fingerprint density at radius 1 is 1.50 bits per heavy atom. The molecule has 1 aromatic carbocycles. The third-order valence-corrected chi connectivity index (χ3v) is 2.34. The van der Waals surface area contributed by atoms with Gasteiger partial charge in [-0.3, -0.25) is 0 Å². The second-order valence-electron chi connectivity index (χ2n) is 3.27. The van der Waals surface area contributed by atoms with Crippen LogP contribution in [0.15, 0.2) is 18.2 Å². The Morgan fingerprint density at radius 3 is 2.64 bits per heavy atom. The van der Waals surface area contributed by atoms with Gasteiger partial charge in [0.2, 0.25) is 0 Å². The van der Waals surface area contributed by atoms with Crippen LogP contribution in [-0.4, -0.2) is 15.0 Å². The van der Waals surface area contributed by atoms with E-state index in [0.29, 0.717) is 11.3 Å². The molecule has 3 heteroatoms. The maximum Gasteiger partial charge on any atom is 0.144 e. The van der Waals surface area contributed by atoms with Crippen LogP contribution in [0.1, 0.15) is 19.4 Å². The Bertz CT molecular complexity index is 372. The summed E-state index contributed by atoms with van der Waals surface area (Å²) in [4.78, 5) is 0. The Kier molecular flexibility index (Phi) is 3.34. The van der Waals surface area contributed by atoms with E-state index in [0.717, 1.165) is 11.0 Å². The third-order valence-electron chi connectivity index (χ3n) is 2.34. The normalized spacial score (nSPS) is 11.6. The average molecular weight is 192 g/mol. The van der Waals surface area contributed by atoms with E-state index in [1.807, 2.05) is 33.8 Å². The van der Waals surface area contributed by atoms with E-state index in [-0.39, 0.29) is 5.82 Å². The lowest BCUT2D eigenvalue weighted by Gasteiger charge is -2.09. The molecule has 0 saturated carbocycles. The highest BCUT2D eigenvalue weighted by Crippen LogP contribution is 2.20. The fourth-order valence-electron chi connectivity index (χ4n) is 1.34. The van der Waals surface area contributed by atoms with Crippen LogP contribution in [0.5, 0.6) is 5.75 Å². The maximum atomic E-state index is 13.5. The van der Waals surface area contributed by atoms with Crippen LogP contribution in [0.25, 0.3) is 5.57 Å². The summed E-state index contributed by atoms with van der Waals surface area (Å²) in [5, 5.41) is 0. The molecule has 14 heavy (non-hydrogen) atoms. The molecule has 0 radical (unpaired) electrons. The smallest absolute Gasteiger partial charge is 0.144 e. The molecule has 0 aromatic heterocycles. The molecule has 0 N–H and O–H groups in total. The number of benzene rings is 1. The molecule has 0 aliphatic heterocycles. The van der Waals surface area contributed by atoms with Gasteiger partial charge in [-0.25, -0.2) is 4.39 Å². The van der Waals surface area contributed by atoms with Crippen molar-refractivity contribution in [2.45, 2.75) is 13.8 Å². The summed E-state index contributed by atoms with van der Waals surface area (Å²) >= 11 is 0. The van der Waals surface area contributed by atoms with Crippen molar-refractivity contribution >= 4 is 18.9 Å². The molecule has 0 heterocycles. The minimum atomic E-state index is -0.233. The zero-order valence-corrected chi connectivity index (χ0v) is 9.02. The lowest BCUT2D eigenvalue weighted by molar-refractivity contribution is 0.414. The molecule has 0 atom stereocenters. The summed E-state index contributed by atoms with van der Waals surface area (Å²) in [5.41, 5.74) is 2.53. The van der Waals surface area contributed by atoms with Gasteiger partial charge in [-0.1, -0.05) is 12.1 Å². The SMILES string of the molecule is Bc1cc(/C(C)=C/C)c(F)cc1OC. The van der Waals surface area contributed by atoms with Crippen LogP contribution in [0.2, 0.25) is 0 Å². The van der Waals surface area contributed by atoms with Crippen molar-refractivity contribution < 1.29 is 9.13 Å². The maximum absolute atomic E-state index is 13.5. The van der Waals surface area contributed by atoms with Crippen molar-refractivity contribution in [2.24, 2.45) is 0 Å². The molecular weight excluding hydrogens is 178 g/mol. The van der Waals surface area contributed by atoms with Gasteiger partial charge in [0, 0.05) is 11.6 Å². The molecule has 1 nitrogen and oxygen atoms in total. The van der Waals surface area contributed by atoms with Crippen molar-refractivity contribution in [1.29, 1.82) is 0 Å². The van der Waals surface area contributed by atoms with E-state index >= 15 is 0 Å². The molecule has 1 rings (SSSR count). The van der Waals surface area contributed by atoms with Gasteiger partial charge in [0.15, 0.2) is 0 Å². The largest absolute Gasteiger partial charge is 0.497 e. The highest BCUT2D eigenvalue weighted by Gasteiger charge is 2.07. The zero-order valence-electron chi connectivity index (χ0n) is 9.02. The van der Waals surface area contributed by atoms with E-state index in [9.17, 15) is 4.39 Å². The van der Waals surface area contributed by atoms with Gasteiger partial charge in [-0.15, -0.1) is 0 Å². The number of rotatable bonds is 2. The highest BCUT2D eigenvalue weighted by atomic mass is 19.1. The van der Waals surface area contributed by atoms with Gasteiger partial charge in [0.25, 0.3) is 0 Å². The van der Waals surface area contributed by atoms with E-state index in [1.165, 1.54) is 6.07 Å². The first-order chi connectivity index (χ1) is 6.60. The molecule has 0 aliphatic carbocycles. The van der Waals surface area contributed by atoms with E-state index in [4.69, 9.17) is 4.74 Å². The minimum Gasteiger partial charge on any atom is -0.497 e. The predicted molar refractivity (Wildman–Crippen MR) is 60.5 cm³/mol. The Hall–Kier alpha value is -1.25. The summed E-state index contributed by atoms with van der Waals surface area (Å²) in [6, 6.07) is 3.24. The second-order valence-corrected chi connectivity index (χ2v) is 3.27. The molecule has 0 fully saturated rings. The molecule has 0 spiro atoms. The van der Waals surface area contributed by atoms with Gasteiger partial charge in [0.1, 0.15) is 19.4 Å². The van der Waals surface area contributed by atoms with Crippen LogP contribution in [-0.2, 0) is 0 Å². The van der Waals surface area contributed by atoms with Crippen LogP contribution >= 0.6 is 0 Å². The summed E-state index contributed by atoms with van der Waals surface area (Å²) in [7, 11) is 3.45. The summed E-state index contributed by atoms with van der Waals surface area (Å²) in [6.07, 6.45) is 1.89. The third kappa shape index (κ3) is 1.98. The lowest BCUT2D eigenvalue weighted by Crippen LogP contribution is -2.09. The molecule has 0 saturated heterocycles. The molecular formula is C11H14BFO. The second kappa shape index (κ2) is 4.31. The van der Waals surface area contributed by atoms with Gasteiger partial charge in [-0.2, -0.15) is 0 Å². The van der Waals surface area contributed by atoms with E-state index < -0.39 is 0 Å². The number of halogens is 1. The highest BCUT2D eigenvalue weighted by molar-refractivity contribution is 6.34. The predicted octanol–water partition coefficient (Wildman–Crippen LogP) is 1.52. The van der Waals surface area contributed by atoms with Gasteiger partial charge in [0.05, 0.1) is 7.11 Å². The summed E-state index contributed by atoms with van der Waals surface area (Å²) < 4.78 is 18.6. The van der Waals surface area contributed by atoms with Gasteiger partial charge in [-0.05, 0) is 24.9 Å². The first-order valence-corrected chi connectivity index (χ1v) is 4.57. The first-order valence-electron chi connectivity index (χ1n) is 4.57. The van der Waals surface area contributed by atoms with Crippen molar-refractivity contribution in [3.05, 3.63) is 29.6 Å². The van der Waals surface area contributed by atoms with Crippen LogP contribution in [0.4, 0.5) is 4.39 Å². The van der Waals surface area contributed by atoms with Gasteiger partial charge >= 0.3 is 0 Å². The van der Waals surface area contributed by atoms with Crippen molar-refractivity contribution in [1.82, 2.24) is 0 Å². The van der Waals surface area contributed by atoms with E-state index in [2.05, 4.69) is 0 Å². The Morgan fingerprint density at radius 2 is 2.14 bits per heavy atom. The molecule has 74 valence electrons. The molecule has 0 aliphatic rings. The molecule has 0 amide bonds. The topological polar surface area (TPSA) is 9.23 Å². The fraction of sp³-hybridized carbons (Fsp3) is 0.273. The van der Waals surface area contributed by atoms with Crippen LogP contribution < -0.4 is 10.2 Å². The number of hydrogen-bond donors (Lipinski definition) is 0. The van der Waals surface area contributed by atoms with Crippen LogP contribution in [0.3, 0.4) is 0 Å². The Labute approximate surface area is 85.0 Å². The summed E-state index contributed by atoms with van der Waals surface area (Å²) in [6.45, 7) is 3.79. The van der Waals surface area contributed by atoms with Crippen molar-refractivity contribution in [2.75, 3.05) is 7.11 Å². The van der Waals surface area contributed by atoms with Gasteiger partial charge < -0.3 is 4.74 Å². The Balaban J connectivity index is 3.29. The molecule has 0 unspecified atom stereocenters. The number of allylic oxidation sites excluding steroid dienone is 2. The number of hydrogen-bond acceptors (Lipinski definition) is 1. The zero-order chi connectivity index (χ0) is 10.7. The standard InChI is InChI=1S/C11H14BFO/c1-4-7(2)8-5-9(12)11(14-3)6-10(8)13/h4-6H,12H2,1-3H3/b7-4+. The fourth-order valence-corrected chi connectivity index (χ4v) is 1.34.